The highest BCUT2D eigenvalue weighted by Gasteiger charge is 2.42. The lowest BCUT2D eigenvalue weighted by Crippen LogP contribution is -2.50. The Morgan fingerprint density at radius 2 is 1.67 bits per heavy atom. The van der Waals surface area contributed by atoms with Crippen molar-refractivity contribution in [1.82, 2.24) is 4.90 Å². The zero-order chi connectivity index (χ0) is 20.7. The van der Waals surface area contributed by atoms with Gasteiger partial charge >= 0.3 is 0 Å². The molecule has 160 valence electrons. The third-order valence-corrected chi connectivity index (χ3v) is 6.58. The number of hydrogen-bond acceptors (Lipinski definition) is 6. The van der Waals surface area contributed by atoms with Gasteiger partial charge < -0.3 is 23.7 Å². The average molecular weight is 411 g/mol. The maximum atomic E-state index is 6.61. The second-order valence-corrected chi connectivity index (χ2v) is 8.27. The summed E-state index contributed by atoms with van der Waals surface area (Å²) in [4.78, 5) is 2.49. The molecule has 0 spiro atoms. The maximum Gasteiger partial charge on any atom is 0.231 e. The van der Waals surface area contributed by atoms with E-state index in [0.29, 0.717) is 0 Å². The molecule has 1 saturated heterocycles. The molecule has 0 aromatic heterocycles. The Bertz CT molecular complexity index is 924. The summed E-state index contributed by atoms with van der Waals surface area (Å²) in [5.74, 6) is 4.20. The lowest BCUT2D eigenvalue weighted by Gasteiger charge is -2.44. The molecule has 3 atom stereocenters. The molecule has 3 aliphatic heterocycles. The molecular weight excluding hydrogens is 382 g/mol. The van der Waals surface area contributed by atoms with Crippen LogP contribution in [0, 0.1) is 5.92 Å². The van der Waals surface area contributed by atoms with Crippen molar-refractivity contribution in [2.45, 2.75) is 38.3 Å². The van der Waals surface area contributed by atoms with Crippen molar-refractivity contribution < 1.29 is 23.7 Å². The van der Waals surface area contributed by atoms with Crippen LogP contribution in [0.15, 0.2) is 30.3 Å². The molecule has 6 heteroatoms. The number of fused-ring (bicyclic) bond motifs is 2. The van der Waals surface area contributed by atoms with Crippen LogP contribution in [0.4, 0.5) is 0 Å². The topological polar surface area (TPSA) is 49.4 Å². The van der Waals surface area contributed by atoms with E-state index in [4.69, 9.17) is 23.7 Å². The van der Waals surface area contributed by atoms with E-state index < -0.39 is 0 Å². The number of rotatable bonds is 4. The first-order chi connectivity index (χ1) is 14.7. The number of likely N-dealkylation sites (tertiary alicyclic amines) is 1. The maximum absolute atomic E-state index is 6.61. The van der Waals surface area contributed by atoms with E-state index in [2.05, 4.69) is 24.0 Å². The third kappa shape index (κ3) is 3.14. The lowest BCUT2D eigenvalue weighted by molar-refractivity contribution is -0.0405. The zero-order valence-corrected chi connectivity index (χ0v) is 17.8. The van der Waals surface area contributed by atoms with E-state index >= 15 is 0 Å². The van der Waals surface area contributed by atoms with E-state index in [1.54, 1.807) is 14.2 Å². The normalized spacial score (nSPS) is 25.4. The van der Waals surface area contributed by atoms with Gasteiger partial charge in [-0.2, -0.15) is 0 Å². The monoisotopic (exact) mass is 411 g/mol. The van der Waals surface area contributed by atoms with Crippen molar-refractivity contribution in [2.75, 3.05) is 34.1 Å². The van der Waals surface area contributed by atoms with Crippen LogP contribution in [-0.4, -0.2) is 45.2 Å². The van der Waals surface area contributed by atoms with Gasteiger partial charge in [-0.05, 0) is 25.0 Å². The summed E-state index contributed by atoms with van der Waals surface area (Å²) in [6, 6.07) is 10.2. The minimum atomic E-state index is -0.000853. The predicted molar refractivity (Wildman–Crippen MR) is 113 cm³/mol. The number of methoxy groups -OCH3 is 2. The molecule has 3 aliphatic rings. The Labute approximate surface area is 177 Å². The number of ether oxygens (including phenoxy) is 5. The van der Waals surface area contributed by atoms with Gasteiger partial charge in [-0.3, -0.25) is 4.90 Å². The van der Waals surface area contributed by atoms with Gasteiger partial charge in [0.2, 0.25) is 6.79 Å². The molecule has 0 saturated carbocycles. The van der Waals surface area contributed by atoms with Crippen LogP contribution in [0.1, 0.15) is 43.2 Å². The highest BCUT2D eigenvalue weighted by molar-refractivity contribution is 5.59. The average Bonchev–Trinajstić information content (AvgIpc) is 3.24. The van der Waals surface area contributed by atoms with Crippen LogP contribution < -0.4 is 23.7 Å². The van der Waals surface area contributed by atoms with E-state index in [0.717, 1.165) is 53.0 Å². The summed E-state index contributed by atoms with van der Waals surface area (Å²) in [7, 11) is 3.38. The molecule has 6 nitrogen and oxygen atoms in total. The number of hydrogen-bond donors (Lipinski definition) is 0. The van der Waals surface area contributed by atoms with Crippen LogP contribution in [0.25, 0.3) is 0 Å². The molecule has 0 aliphatic carbocycles. The molecule has 1 fully saturated rings. The molecule has 0 bridgehead atoms. The van der Waals surface area contributed by atoms with Crippen LogP contribution in [0.5, 0.6) is 28.7 Å². The van der Waals surface area contributed by atoms with E-state index in [1.807, 2.05) is 18.2 Å². The first-order valence-corrected chi connectivity index (χ1v) is 10.8. The van der Waals surface area contributed by atoms with E-state index in [1.165, 1.54) is 19.3 Å². The Morgan fingerprint density at radius 3 is 2.40 bits per heavy atom. The number of nitrogens with zero attached hydrogens (tertiary/aromatic N) is 1. The molecule has 2 aromatic rings. The van der Waals surface area contributed by atoms with Gasteiger partial charge in [0.05, 0.1) is 14.2 Å². The van der Waals surface area contributed by atoms with Gasteiger partial charge in [0, 0.05) is 42.1 Å². The first kappa shape index (κ1) is 19.4. The lowest BCUT2D eigenvalue weighted by atomic mass is 9.77. The fraction of sp³-hybridized carbons (Fsp3) is 0.500. The summed E-state index contributed by atoms with van der Waals surface area (Å²) < 4.78 is 29.3. The highest BCUT2D eigenvalue weighted by Crippen LogP contribution is 2.52. The second-order valence-electron chi connectivity index (χ2n) is 8.27. The Kier molecular flexibility index (Phi) is 5.11. The minimum absolute atomic E-state index is 0.000853. The summed E-state index contributed by atoms with van der Waals surface area (Å²) in [6.45, 7) is 4.65. The van der Waals surface area contributed by atoms with Crippen molar-refractivity contribution in [3.63, 3.8) is 0 Å². The van der Waals surface area contributed by atoms with E-state index in [-0.39, 0.29) is 24.9 Å². The molecule has 0 N–H and O–H groups in total. The van der Waals surface area contributed by atoms with Crippen LogP contribution >= 0.6 is 0 Å². The zero-order valence-electron chi connectivity index (χ0n) is 17.8. The fourth-order valence-corrected chi connectivity index (χ4v) is 5.16. The number of benzene rings is 2. The smallest absolute Gasteiger partial charge is 0.231 e. The second kappa shape index (κ2) is 7.91. The summed E-state index contributed by atoms with van der Waals surface area (Å²) in [5.41, 5.74) is 2.21. The number of para-hydroxylation sites is 1. The quantitative estimate of drug-likeness (QED) is 0.743. The summed E-state index contributed by atoms with van der Waals surface area (Å²) in [6.07, 6.45) is 3.72. The Balaban J connectivity index is 1.65. The van der Waals surface area contributed by atoms with Crippen molar-refractivity contribution in [3.05, 3.63) is 41.5 Å². The standard InChI is InChI=1S/C24H29NO5/c1-15-22(16-8-7-9-18(26-2)23(16)27-3)17-12-20-21(29-14-28-20)13-19(17)30-24(15)25-10-5-4-6-11-25/h7-9,12-13,15,22,24H,4-6,10-11,14H2,1-3H3/t15-,22-,24+/m1/s1. The molecule has 0 radical (unpaired) electrons. The van der Waals surface area contributed by atoms with Gasteiger partial charge in [0.25, 0.3) is 0 Å². The van der Waals surface area contributed by atoms with Crippen molar-refractivity contribution in [2.24, 2.45) is 5.92 Å². The molecule has 0 amide bonds. The molecule has 0 unspecified atom stereocenters. The molecule has 3 heterocycles. The molecule has 2 aromatic carbocycles. The Hall–Kier alpha value is -2.60. The van der Waals surface area contributed by atoms with Crippen LogP contribution in [-0.2, 0) is 0 Å². The van der Waals surface area contributed by atoms with Crippen molar-refractivity contribution in [1.29, 1.82) is 0 Å². The summed E-state index contributed by atoms with van der Waals surface area (Å²) >= 11 is 0. The SMILES string of the molecule is COc1cccc([C@@H]2c3cc4c(cc3O[C@H](N3CCCCC3)[C@@H]2C)OCO4)c1OC. The van der Waals surface area contributed by atoms with Crippen LogP contribution in [0.2, 0.25) is 0 Å². The van der Waals surface area contributed by atoms with Gasteiger partial charge in [-0.1, -0.05) is 25.5 Å². The predicted octanol–water partition coefficient (Wildman–Crippen LogP) is 4.40. The van der Waals surface area contributed by atoms with Gasteiger partial charge in [0.15, 0.2) is 29.2 Å². The van der Waals surface area contributed by atoms with Crippen LogP contribution in [0.3, 0.4) is 0 Å². The van der Waals surface area contributed by atoms with Crippen molar-refractivity contribution >= 4 is 0 Å². The van der Waals surface area contributed by atoms with Gasteiger partial charge in [-0.25, -0.2) is 0 Å². The van der Waals surface area contributed by atoms with Crippen molar-refractivity contribution in [3.8, 4) is 28.7 Å². The first-order valence-electron chi connectivity index (χ1n) is 10.8. The van der Waals surface area contributed by atoms with Gasteiger partial charge in [-0.15, -0.1) is 0 Å². The Morgan fingerprint density at radius 1 is 0.900 bits per heavy atom. The minimum Gasteiger partial charge on any atom is -0.493 e. The third-order valence-electron chi connectivity index (χ3n) is 6.58. The molecule has 30 heavy (non-hydrogen) atoms. The van der Waals surface area contributed by atoms with Gasteiger partial charge in [0.1, 0.15) is 5.75 Å². The molecule has 5 rings (SSSR count). The largest absolute Gasteiger partial charge is 0.493 e. The highest BCUT2D eigenvalue weighted by atomic mass is 16.7. The fourth-order valence-electron chi connectivity index (χ4n) is 5.16. The summed E-state index contributed by atoms with van der Waals surface area (Å²) in [5, 5.41) is 0. The number of piperidine rings is 1. The molecular formula is C24H29NO5. The van der Waals surface area contributed by atoms with E-state index in [9.17, 15) is 0 Å².